The summed E-state index contributed by atoms with van der Waals surface area (Å²) in [7, 11) is 0. The molecular weight excluding hydrogens is 354 g/mol. The summed E-state index contributed by atoms with van der Waals surface area (Å²) in [5.41, 5.74) is 1.41. The number of nitrogens with one attached hydrogen (secondary N) is 2. The number of carbonyl (C=O) groups excluding carboxylic acids is 2. The van der Waals surface area contributed by atoms with Crippen LogP contribution in [0.25, 0.3) is 0 Å². The molecule has 1 fully saturated rings. The van der Waals surface area contributed by atoms with Crippen molar-refractivity contribution in [1.82, 2.24) is 4.90 Å². The van der Waals surface area contributed by atoms with Crippen LogP contribution in [-0.4, -0.2) is 36.0 Å². The summed E-state index contributed by atoms with van der Waals surface area (Å²) >= 11 is 0. The predicted molar refractivity (Wildman–Crippen MR) is 111 cm³/mol. The lowest BCUT2D eigenvalue weighted by Gasteiger charge is -2.32. The molecule has 1 aliphatic rings. The van der Waals surface area contributed by atoms with Gasteiger partial charge in [-0.2, -0.15) is 0 Å². The van der Waals surface area contributed by atoms with Crippen LogP contribution in [0.3, 0.4) is 0 Å². The monoisotopic (exact) mass is 381 g/mol. The van der Waals surface area contributed by atoms with Crippen molar-refractivity contribution in [2.24, 2.45) is 5.92 Å². The summed E-state index contributed by atoms with van der Waals surface area (Å²) in [6, 6.07) is 16.6. The molecule has 148 valence electrons. The lowest BCUT2D eigenvalue weighted by Crippen LogP contribution is -2.45. The lowest BCUT2D eigenvalue weighted by molar-refractivity contribution is -0.121. The van der Waals surface area contributed by atoms with Crippen molar-refractivity contribution in [2.75, 3.05) is 23.7 Å². The standard InChI is InChI=1S/C22H27N3O3/c1-16(2)28-20-13-7-6-12-19(20)24-21(26)17-9-8-14-25(15-17)22(27)23-18-10-4-3-5-11-18/h3-7,10-13,16-17H,8-9,14-15H2,1-2H3,(H,23,27)(H,24,26). The molecular formula is C22H27N3O3. The van der Waals surface area contributed by atoms with Crippen molar-refractivity contribution in [3.63, 3.8) is 0 Å². The topological polar surface area (TPSA) is 70.7 Å². The Labute approximate surface area is 165 Å². The third-order valence-electron chi connectivity index (χ3n) is 4.61. The number of likely N-dealkylation sites (tertiary alicyclic amines) is 1. The van der Waals surface area contributed by atoms with Gasteiger partial charge in [0.2, 0.25) is 5.91 Å². The average molecular weight is 381 g/mol. The number of rotatable bonds is 5. The van der Waals surface area contributed by atoms with Gasteiger partial charge in [-0.05, 0) is 51.0 Å². The van der Waals surface area contributed by atoms with Crippen molar-refractivity contribution in [3.8, 4) is 5.75 Å². The molecule has 1 heterocycles. The minimum atomic E-state index is -0.248. The first-order valence-electron chi connectivity index (χ1n) is 9.70. The molecule has 0 aromatic heterocycles. The van der Waals surface area contributed by atoms with Crippen molar-refractivity contribution >= 4 is 23.3 Å². The fraction of sp³-hybridized carbons (Fsp3) is 0.364. The molecule has 1 aliphatic heterocycles. The number of nitrogens with zero attached hydrogens (tertiary/aromatic N) is 1. The number of anilines is 2. The summed E-state index contributed by atoms with van der Waals surface area (Å²) in [5, 5.41) is 5.86. The normalized spacial score (nSPS) is 16.5. The summed E-state index contributed by atoms with van der Waals surface area (Å²) in [4.78, 5) is 27.0. The van der Waals surface area contributed by atoms with Crippen LogP contribution in [0.1, 0.15) is 26.7 Å². The van der Waals surface area contributed by atoms with Gasteiger partial charge < -0.3 is 20.3 Å². The maximum absolute atomic E-state index is 12.8. The molecule has 0 spiro atoms. The molecule has 0 radical (unpaired) electrons. The zero-order valence-corrected chi connectivity index (χ0v) is 16.4. The Hall–Kier alpha value is -3.02. The molecule has 2 N–H and O–H groups in total. The molecule has 28 heavy (non-hydrogen) atoms. The van der Waals surface area contributed by atoms with Gasteiger partial charge in [0, 0.05) is 18.8 Å². The van der Waals surface area contributed by atoms with E-state index in [4.69, 9.17) is 4.74 Å². The fourth-order valence-electron chi connectivity index (χ4n) is 3.26. The summed E-state index contributed by atoms with van der Waals surface area (Å²) in [6.07, 6.45) is 1.57. The SMILES string of the molecule is CC(C)Oc1ccccc1NC(=O)C1CCCN(C(=O)Nc2ccccc2)C1. The number of amides is 3. The highest BCUT2D eigenvalue weighted by Gasteiger charge is 2.29. The van der Waals surface area contributed by atoms with Crippen molar-refractivity contribution in [2.45, 2.75) is 32.8 Å². The van der Waals surface area contributed by atoms with Gasteiger partial charge in [0.05, 0.1) is 17.7 Å². The van der Waals surface area contributed by atoms with Gasteiger partial charge in [-0.3, -0.25) is 4.79 Å². The van der Waals surface area contributed by atoms with Crippen LogP contribution in [-0.2, 0) is 4.79 Å². The summed E-state index contributed by atoms with van der Waals surface area (Å²) in [5.74, 6) is 0.319. The molecule has 0 saturated carbocycles. The Bertz CT molecular complexity index is 808. The molecule has 0 aliphatic carbocycles. The van der Waals surface area contributed by atoms with Crippen LogP contribution in [0.5, 0.6) is 5.75 Å². The number of hydrogen-bond donors (Lipinski definition) is 2. The van der Waals surface area contributed by atoms with E-state index in [1.54, 1.807) is 4.90 Å². The second kappa shape index (κ2) is 9.26. The minimum absolute atomic E-state index is 0.0184. The van der Waals surface area contributed by atoms with Crippen LogP contribution >= 0.6 is 0 Å². The minimum Gasteiger partial charge on any atom is -0.489 e. The summed E-state index contributed by atoms with van der Waals surface area (Å²) in [6.45, 7) is 4.94. The Morgan fingerprint density at radius 2 is 1.75 bits per heavy atom. The van der Waals surface area contributed by atoms with Gasteiger partial charge in [0.15, 0.2) is 0 Å². The van der Waals surface area contributed by atoms with Crippen LogP contribution in [0, 0.1) is 5.92 Å². The van der Waals surface area contributed by atoms with E-state index in [-0.39, 0.29) is 24.0 Å². The molecule has 1 saturated heterocycles. The van der Waals surface area contributed by atoms with Crippen LogP contribution < -0.4 is 15.4 Å². The van der Waals surface area contributed by atoms with E-state index >= 15 is 0 Å². The van der Waals surface area contributed by atoms with E-state index in [2.05, 4.69) is 10.6 Å². The number of carbonyl (C=O) groups is 2. The van der Waals surface area contributed by atoms with Crippen molar-refractivity contribution < 1.29 is 14.3 Å². The van der Waals surface area contributed by atoms with E-state index in [1.165, 1.54) is 0 Å². The average Bonchev–Trinajstić information content (AvgIpc) is 2.70. The highest BCUT2D eigenvalue weighted by molar-refractivity contribution is 5.95. The fourth-order valence-corrected chi connectivity index (χ4v) is 3.26. The van der Waals surface area contributed by atoms with Gasteiger partial charge in [-0.15, -0.1) is 0 Å². The molecule has 2 aromatic carbocycles. The van der Waals surface area contributed by atoms with Crippen molar-refractivity contribution in [3.05, 3.63) is 54.6 Å². The van der Waals surface area contributed by atoms with E-state index in [1.807, 2.05) is 68.4 Å². The highest BCUT2D eigenvalue weighted by atomic mass is 16.5. The number of piperidine rings is 1. The molecule has 3 amide bonds. The third-order valence-corrected chi connectivity index (χ3v) is 4.61. The second-order valence-corrected chi connectivity index (χ2v) is 7.23. The Morgan fingerprint density at radius 1 is 1.04 bits per heavy atom. The number of urea groups is 1. The first-order valence-corrected chi connectivity index (χ1v) is 9.70. The number of benzene rings is 2. The zero-order valence-electron chi connectivity index (χ0n) is 16.4. The first-order chi connectivity index (χ1) is 13.5. The Kier molecular flexibility index (Phi) is 6.53. The number of para-hydroxylation sites is 3. The van der Waals surface area contributed by atoms with E-state index in [0.717, 1.165) is 18.5 Å². The van der Waals surface area contributed by atoms with Crippen LogP contribution in [0.4, 0.5) is 16.2 Å². The molecule has 3 rings (SSSR count). The maximum Gasteiger partial charge on any atom is 0.321 e. The third kappa shape index (κ3) is 5.25. The van der Waals surface area contributed by atoms with E-state index in [9.17, 15) is 9.59 Å². The zero-order chi connectivity index (χ0) is 19.9. The number of hydrogen-bond acceptors (Lipinski definition) is 3. The summed E-state index contributed by atoms with van der Waals surface area (Å²) < 4.78 is 5.77. The predicted octanol–water partition coefficient (Wildman–Crippen LogP) is 4.36. The van der Waals surface area contributed by atoms with Gasteiger partial charge in [-0.1, -0.05) is 30.3 Å². The molecule has 6 heteroatoms. The Balaban J connectivity index is 1.61. The second-order valence-electron chi connectivity index (χ2n) is 7.23. The maximum atomic E-state index is 12.8. The molecule has 1 unspecified atom stereocenters. The Morgan fingerprint density at radius 3 is 2.50 bits per heavy atom. The molecule has 6 nitrogen and oxygen atoms in total. The van der Waals surface area contributed by atoms with Crippen molar-refractivity contribution in [1.29, 1.82) is 0 Å². The highest BCUT2D eigenvalue weighted by Crippen LogP contribution is 2.27. The van der Waals surface area contributed by atoms with Gasteiger partial charge >= 0.3 is 6.03 Å². The number of ether oxygens (including phenoxy) is 1. The smallest absolute Gasteiger partial charge is 0.321 e. The van der Waals surface area contributed by atoms with E-state index < -0.39 is 0 Å². The van der Waals surface area contributed by atoms with Crippen LogP contribution in [0.2, 0.25) is 0 Å². The molecule has 0 bridgehead atoms. The van der Waals surface area contributed by atoms with Gasteiger partial charge in [-0.25, -0.2) is 4.79 Å². The van der Waals surface area contributed by atoms with Gasteiger partial charge in [0.25, 0.3) is 0 Å². The van der Waals surface area contributed by atoms with Gasteiger partial charge in [0.1, 0.15) is 5.75 Å². The molecule has 1 atom stereocenters. The molecule has 2 aromatic rings. The largest absolute Gasteiger partial charge is 0.489 e. The first kappa shape index (κ1) is 19.7. The van der Waals surface area contributed by atoms with E-state index in [0.29, 0.717) is 24.5 Å². The van der Waals surface area contributed by atoms with Crippen LogP contribution in [0.15, 0.2) is 54.6 Å². The quantitative estimate of drug-likeness (QED) is 0.809. The lowest BCUT2D eigenvalue weighted by atomic mass is 9.97.